The fourth-order valence-corrected chi connectivity index (χ4v) is 2.30. The van der Waals surface area contributed by atoms with E-state index in [0.717, 1.165) is 18.2 Å². The molecule has 0 spiro atoms. The number of methoxy groups -OCH3 is 1. The summed E-state index contributed by atoms with van der Waals surface area (Å²) in [6.07, 6.45) is 1.29. The maximum atomic E-state index is 5.25. The zero-order valence-electron chi connectivity index (χ0n) is 9.49. The lowest BCUT2D eigenvalue weighted by Crippen LogP contribution is -2.14. The molecule has 2 heteroatoms. The zero-order valence-corrected chi connectivity index (χ0v) is 9.49. The van der Waals surface area contributed by atoms with Gasteiger partial charge in [-0.2, -0.15) is 0 Å². The van der Waals surface area contributed by atoms with Crippen LogP contribution in [0.15, 0.2) is 24.3 Å². The first-order chi connectivity index (χ1) is 7.31. The van der Waals surface area contributed by atoms with Gasteiger partial charge in [0.2, 0.25) is 0 Å². The molecule has 2 rings (SSSR count). The predicted octanol–water partition coefficient (Wildman–Crippen LogP) is 2.41. The first-order valence-electron chi connectivity index (χ1n) is 5.66. The van der Waals surface area contributed by atoms with Crippen LogP contribution < -0.4 is 10.1 Å². The minimum absolute atomic E-state index is 0.620. The fraction of sp³-hybridized carbons (Fsp3) is 0.538. The van der Waals surface area contributed by atoms with Crippen LogP contribution in [0.3, 0.4) is 0 Å². The third-order valence-corrected chi connectivity index (χ3v) is 3.43. The van der Waals surface area contributed by atoms with Crippen LogP contribution in [0.5, 0.6) is 5.75 Å². The number of benzene rings is 1. The Bertz CT molecular complexity index is 318. The van der Waals surface area contributed by atoms with Gasteiger partial charge in [0.25, 0.3) is 0 Å². The van der Waals surface area contributed by atoms with Crippen LogP contribution in [0, 0.1) is 5.92 Å². The highest BCUT2D eigenvalue weighted by atomic mass is 16.5. The maximum absolute atomic E-state index is 5.25. The van der Waals surface area contributed by atoms with Gasteiger partial charge in [-0.25, -0.2) is 0 Å². The highest BCUT2D eigenvalue weighted by Gasteiger charge is 2.22. The van der Waals surface area contributed by atoms with Crippen molar-refractivity contribution in [2.75, 3.05) is 20.2 Å². The lowest BCUT2D eigenvalue weighted by atomic mass is 9.87. The number of rotatable bonds is 3. The first kappa shape index (κ1) is 10.5. The molecule has 1 aliphatic rings. The van der Waals surface area contributed by atoms with E-state index >= 15 is 0 Å². The van der Waals surface area contributed by atoms with E-state index in [2.05, 4.69) is 30.4 Å². The molecule has 82 valence electrons. The second-order valence-electron chi connectivity index (χ2n) is 4.32. The predicted molar refractivity (Wildman–Crippen MR) is 62.4 cm³/mol. The average molecular weight is 205 g/mol. The molecule has 2 nitrogen and oxygen atoms in total. The Balaban J connectivity index is 2.13. The van der Waals surface area contributed by atoms with Gasteiger partial charge in [0.1, 0.15) is 5.75 Å². The molecule has 1 saturated heterocycles. The van der Waals surface area contributed by atoms with Crippen molar-refractivity contribution in [3.05, 3.63) is 29.8 Å². The molecule has 0 unspecified atom stereocenters. The van der Waals surface area contributed by atoms with Crippen molar-refractivity contribution < 1.29 is 4.74 Å². The lowest BCUT2D eigenvalue weighted by molar-refractivity contribution is 0.412. The second kappa shape index (κ2) is 4.67. The summed E-state index contributed by atoms with van der Waals surface area (Å²) in [7, 11) is 1.72. The molecule has 0 amide bonds. The summed E-state index contributed by atoms with van der Waals surface area (Å²) in [6.45, 7) is 4.63. The van der Waals surface area contributed by atoms with Crippen LogP contribution >= 0.6 is 0 Å². The van der Waals surface area contributed by atoms with Crippen LogP contribution in [0.25, 0.3) is 0 Å². The molecule has 0 bridgehead atoms. The largest absolute Gasteiger partial charge is 0.497 e. The molecular weight excluding hydrogens is 186 g/mol. The molecule has 2 atom stereocenters. The Morgan fingerprint density at radius 1 is 1.47 bits per heavy atom. The molecule has 0 radical (unpaired) electrons. The first-order valence-corrected chi connectivity index (χ1v) is 5.66. The van der Waals surface area contributed by atoms with Crippen molar-refractivity contribution in [3.8, 4) is 5.75 Å². The Labute approximate surface area is 91.6 Å². The molecule has 1 heterocycles. The summed E-state index contributed by atoms with van der Waals surface area (Å²) in [5.41, 5.74) is 1.39. The SMILES string of the molecule is COc1cccc([C@H](C)[C@H]2CCNC2)c1. The third-order valence-electron chi connectivity index (χ3n) is 3.43. The molecule has 1 aliphatic heterocycles. The van der Waals surface area contributed by atoms with Gasteiger partial charge < -0.3 is 10.1 Å². The van der Waals surface area contributed by atoms with Crippen molar-refractivity contribution in [2.24, 2.45) is 5.92 Å². The van der Waals surface area contributed by atoms with E-state index in [1.807, 2.05) is 6.07 Å². The lowest BCUT2D eigenvalue weighted by Gasteiger charge is -2.19. The van der Waals surface area contributed by atoms with Crippen LogP contribution in [0.4, 0.5) is 0 Å². The van der Waals surface area contributed by atoms with Gasteiger partial charge in [-0.05, 0) is 49.0 Å². The quantitative estimate of drug-likeness (QED) is 0.818. The summed E-state index contributed by atoms with van der Waals surface area (Å²) >= 11 is 0. The van der Waals surface area contributed by atoms with Crippen molar-refractivity contribution in [3.63, 3.8) is 0 Å². The number of ether oxygens (including phenoxy) is 1. The van der Waals surface area contributed by atoms with Crippen molar-refractivity contribution in [1.82, 2.24) is 5.32 Å². The molecule has 0 aromatic heterocycles. The van der Waals surface area contributed by atoms with E-state index in [-0.39, 0.29) is 0 Å². The third kappa shape index (κ3) is 2.32. The second-order valence-corrected chi connectivity index (χ2v) is 4.32. The minimum atomic E-state index is 0.620. The van der Waals surface area contributed by atoms with Crippen molar-refractivity contribution in [2.45, 2.75) is 19.3 Å². The fourth-order valence-electron chi connectivity index (χ4n) is 2.30. The Morgan fingerprint density at radius 2 is 2.33 bits per heavy atom. The molecule has 1 fully saturated rings. The van der Waals surface area contributed by atoms with Crippen LogP contribution in [0.2, 0.25) is 0 Å². The summed E-state index contributed by atoms with van der Waals surface area (Å²) in [5, 5.41) is 3.42. The number of nitrogens with one attached hydrogen (secondary N) is 1. The highest BCUT2D eigenvalue weighted by molar-refractivity contribution is 5.31. The summed E-state index contributed by atoms with van der Waals surface area (Å²) in [5.74, 6) is 2.36. The van der Waals surface area contributed by atoms with E-state index in [4.69, 9.17) is 4.74 Å². The molecule has 1 aromatic carbocycles. The van der Waals surface area contributed by atoms with Crippen molar-refractivity contribution >= 4 is 0 Å². The molecule has 0 saturated carbocycles. The standard InChI is InChI=1S/C13H19NO/c1-10(12-6-7-14-9-12)11-4-3-5-13(8-11)15-2/h3-5,8,10,12,14H,6-7,9H2,1-2H3/t10-,12-/m0/s1. The topological polar surface area (TPSA) is 21.3 Å². The van der Waals surface area contributed by atoms with E-state index in [1.54, 1.807) is 7.11 Å². The van der Waals surface area contributed by atoms with E-state index in [1.165, 1.54) is 18.5 Å². The minimum Gasteiger partial charge on any atom is -0.497 e. The summed E-state index contributed by atoms with van der Waals surface area (Å²) < 4.78 is 5.25. The molecule has 0 aliphatic carbocycles. The monoisotopic (exact) mass is 205 g/mol. The van der Waals surface area contributed by atoms with Gasteiger partial charge in [0.15, 0.2) is 0 Å². The van der Waals surface area contributed by atoms with E-state index < -0.39 is 0 Å². The normalized spacial score (nSPS) is 22.7. The zero-order chi connectivity index (χ0) is 10.7. The summed E-state index contributed by atoms with van der Waals surface area (Å²) in [4.78, 5) is 0. The van der Waals surface area contributed by atoms with Gasteiger partial charge in [0, 0.05) is 0 Å². The maximum Gasteiger partial charge on any atom is 0.119 e. The van der Waals surface area contributed by atoms with E-state index in [9.17, 15) is 0 Å². The smallest absolute Gasteiger partial charge is 0.119 e. The molecule has 1 N–H and O–H groups in total. The van der Waals surface area contributed by atoms with Crippen molar-refractivity contribution in [1.29, 1.82) is 0 Å². The number of hydrogen-bond donors (Lipinski definition) is 1. The number of hydrogen-bond acceptors (Lipinski definition) is 2. The Kier molecular flexibility index (Phi) is 3.27. The van der Waals surface area contributed by atoms with Crippen LogP contribution in [0.1, 0.15) is 24.8 Å². The van der Waals surface area contributed by atoms with Gasteiger partial charge >= 0.3 is 0 Å². The molecule has 1 aromatic rings. The Hall–Kier alpha value is -1.02. The van der Waals surface area contributed by atoms with Gasteiger partial charge in [-0.1, -0.05) is 19.1 Å². The van der Waals surface area contributed by atoms with Gasteiger partial charge in [-0.3, -0.25) is 0 Å². The molecular formula is C13H19NO. The van der Waals surface area contributed by atoms with Gasteiger partial charge in [0.05, 0.1) is 7.11 Å². The van der Waals surface area contributed by atoms with E-state index in [0.29, 0.717) is 5.92 Å². The molecule has 15 heavy (non-hydrogen) atoms. The van der Waals surface area contributed by atoms with Crippen LogP contribution in [-0.4, -0.2) is 20.2 Å². The average Bonchev–Trinajstić information content (AvgIpc) is 2.81. The van der Waals surface area contributed by atoms with Gasteiger partial charge in [-0.15, -0.1) is 0 Å². The Morgan fingerprint density at radius 3 is 3.00 bits per heavy atom. The summed E-state index contributed by atoms with van der Waals surface area (Å²) in [6, 6.07) is 8.44. The highest BCUT2D eigenvalue weighted by Crippen LogP contribution is 2.30. The van der Waals surface area contributed by atoms with Crippen LogP contribution in [-0.2, 0) is 0 Å².